The second-order valence-electron chi connectivity index (χ2n) is 3.42. The molecule has 0 saturated heterocycles. The molecule has 0 unspecified atom stereocenters. The van der Waals surface area contributed by atoms with Crippen LogP contribution in [0.4, 0.5) is 0 Å². The molecule has 0 radical (unpaired) electrons. The molecule has 1 heteroatoms. The van der Waals surface area contributed by atoms with Crippen LogP contribution in [0.2, 0.25) is 0 Å². The van der Waals surface area contributed by atoms with Crippen LogP contribution in [-0.4, -0.2) is 5.33 Å². The van der Waals surface area contributed by atoms with Crippen LogP contribution in [0.3, 0.4) is 0 Å². The highest BCUT2D eigenvalue weighted by molar-refractivity contribution is 9.09. The number of hydrogen-bond donors (Lipinski definition) is 0. The number of hydrogen-bond acceptors (Lipinski definition) is 0. The molecule has 0 fully saturated rings. The molecule has 0 amide bonds. The van der Waals surface area contributed by atoms with Crippen molar-refractivity contribution in [3.63, 3.8) is 0 Å². The summed E-state index contributed by atoms with van der Waals surface area (Å²) in [5.74, 6) is 0.766. The van der Waals surface area contributed by atoms with E-state index in [9.17, 15) is 0 Å². The lowest BCUT2D eigenvalue weighted by molar-refractivity contribution is 0.290. The fourth-order valence-electron chi connectivity index (χ4n) is 0.231. The first kappa shape index (κ1) is 8.48. The molecule has 0 aromatic heterocycles. The van der Waals surface area contributed by atoms with E-state index in [1.165, 1.54) is 0 Å². The van der Waals surface area contributed by atoms with Gasteiger partial charge in [0.2, 0.25) is 0 Å². The minimum absolute atomic E-state index is 0.462. The second-order valence-corrected chi connectivity index (χ2v) is 4.07. The van der Waals surface area contributed by atoms with E-state index in [2.05, 4.69) is 43.6 Å². The second kappa shape index (κ2) is 2.86. The smallest absolute Gasteiger partial charge is 0.00620 e. The first-order chi connectivity index (χ1) is 3.48. The van der Waals surface area contributed by atoms with E-state index in [1.807, 2.05) is 0 Å². The molecule has 0 aromatic rings. The van der Waals surface area contributed by atoms with Crippen LogP contribution in [0.5, 0.6) is 0 Å². The van der Waals surface area contributed by atoms with Gasteiger partial charge in [0.25, 0.3) is 0 Å². The molecule has 0 aromatic carbocycles. The third kappa shape index (κ3) is 2.71. The highest BCUT2D eigenvalue weighted by Gasteiger charge is 2.17. The van der Waals surface area contributed by atoms with Crippen LogP contribution in [0, 0.1) is 11.3 Å². The topological polar surface area (TPSA) is 0 Å². The maximum Gasteiger partial charge on any atom is 0.00620 e. The van der Waals surface area contributed by atoms with Gasteiger partial charge in [0.05, 0.1) is 0 Å². The molecular formula is C7H15Br. The standard InChI is InChI=1S/C7H15Br/c1-6(5-8)7(2,3)4/h6H,5H2,1-4H3/t6-/m0/s1. The average Bonchev–Trinajstić information content (AvgIpc) is 1.62. The molecule has 0 spiro atoms. The zero-order chi connectivity index (χ0) is 6.78. The Morgan fingerprint density at radius 2 is 1.75 bits per heavy atom. The average molecular weight is 179 g/mol. The van der Waals surface area contributed by atoms with Crippen LogP contribution in [0.25, 0.3) is 0 Å². The van der Waals surface area contributed by atoms with Crippen molar-refractivity contribution < 1.29 is 0 Å². The normalized spacial score (nSPS) is 16.1. The summed E-state index contributed by atoms with van der Waals surface area (Å²) in [6.45, 7) is 9.05. The molecule has 0 aliphatic heterocycles. The van der Waals surface area contributed by atoms with Crippen molar-refractivity contribution in [2.75, 3.05) is 5.33 Å². The molecule has 0 N–H and O–H groups in total. The minimum Gasteiger partial charge on any atom is -0.0925 e. The largest absolute Gasteiger partial charge is 0.0925 e. The van der Waals surface area contributed by atoms with E-state index in [-0.39, 0.29) is 0 Å². The van der Waals surface area contributed by atoms with Gasteiger partial charge >= 0.3 is 0 Å². The Labute approximate surface area is 60.8 Å². The van der Waals surface area contributed by atoms with Crippen LogP contribution in [0.1, 0.15) is 27.7 Å². The third-order valence-electron chi connectivity index (χ3n) is 1.71. The Morgan fingerprint density at radius 3 is 1.75 bits per heavy atom. The summed E-state index contributed by atoms with van der Waals surface area (Å²) >= 11 is 3.45. The van der Waals surface area contributed by atoms with Gasteiger partial charge in [-0.1, -0.05) is 43.6 Å². The Hall–Kier alpha value is 0.480. The summed E-state index contributed by atoms with van der Waals surface area (Å²) in [6, 6.07) is 0. The monoisotopic (exact) mass is 178 g/mol. The van der Waals surface area contributed by atoms with Gasteiger partial charge in [0, 0.05) is 5.33 Å². The van der Waals surface area contributed by atoms with E-state index in [0.29, 0.717) is 5.41 Å². The zero-order valence-corrected chi connectivity index (χ0v) is 7.75. The maximum absolute atomic E-state index is 3.45. The molecule has 0 bridgehead atoms. The molecule has 0 heterocycles. The first-order valence-corrected chi connectivity index (χ1v) is 4.16. The van der Waals surface area contributed by atoms with E-state index in [4.69, 9.17) is 0 Å². The lowest BCUT2D eigenvalue weighted by Gasteiger charge is -2.24. The van der Waals surface area contributed by atoms with E-state index < -0.39 is 0 Å². The molecule has 0 rings (SSSR count). The van der Waals surface area contributed by atoms with Crippen molar-refractivity contribution in [2.24, 2.45) is 11.3 Å². The van der Waals surface area contributed by atoms with Crippen molar-refractivity contribution in [2.45, 2.75) is 27.7 Å². The molecule has 50 valence electrons. The van der Waals surface area contributed by atoms with Gasteiger partial charge in [0.15, 0.2) is 0 Å². The SMILES string of the molecule is C[C@@H](CBr)C(C)(C)C. The summed E-state index contributed by atoms with van der Waals surface area (Å²) < 4.78 is 0. The van der Waals surface area contributed by atoms with Crippen molar-refractivity contribution in [1.82, 2.24) is 0 Å². The van der Waals surface area contributed by atoms with Gasteiger partial charge in [-0.25, -0.2) is 0 Å². The Bertz CT molecular complexity index is 61.3. The molecule has 0 nitrogen and oxygen atoms in total. The lowest BCUT2D eigenvalue weighted by Crippen LogP contribution is -2.17. The summed E-state index contributed by atoms with van der Waals surface area (Å²) in [5, 5.41) is 1.11. The fraction of sp³-hybridized carbons (Fsp3) is 1.00. The molecule has 0 aliphatic rings. The van der Waals surface area contributed by atoms with Gasteiger partial charge in [0.1, 0.15) is 0 Å². The van der Waals surface area contributed by atoms with Crippen LogP contribution < -0.4 is 0 Å². The van der Waals surface area contributed by atoms with Gasteiger partial charge in [-0.3, -0.25) is 0 Å². The van der Waals surface area contributed by atoms with E-state index in [1.54, 1.807) is 0 Å². The summed E-state index contributed by atoms with van der Waals surface area (Å²) in [7, 11) is 0. The zero-order valence-electron chi connectivity index (χ0n) is 6.16. The van der Waals surface area contributed by atoms with Crippen LogP contribution >= 0.6 is 15.9 Å². The fourth-order valence-corrected chi connectivity index (χ4v) is 1.20. The van der Waals surface area contributed by atoms with Crippen LogP contribution in [-0.2, 0) is 0 Å². The molecule has 0 aliphatic carbocycles. The number of halogens is 1. The minimum atomic E-state index is 0.462. The molecule has 8 heavy (non-hydrogen) atoms. The Morgan fingerprint density at radius 1 is 1.38 bits per heavy atom. The Kier molecular flexibility index (Phi) is 3.03. The van der Waals surface area contributed by atoms with Crippen molar-refractivity contribution in [3.05, 3.63) is 0 Å². The molecular weight excluding hydrogens is 164 g/mol. The summed E-state index contributed by atoms with van der Waals surface area (Å²) in [6.07, 6.45) is 0. The summed E-state index contributed by atoms with van der Waals surface area (Å²) in [4.78, 5) is 0. The van der Waals surface area contributed by atoms with Gasteiger partial charge in [-0.05, 0) is 11.3 Å². The predicted molar refractivity (Wildman–Crippen MR) is 42.4 cm³/mol. The quantitative estimate of drug-likeness (QED) is 0.542. The first-order valence-electron chi connectivity index (χ1n) is 3.04. The van der Waals surface area contributed by atoms with Gasteiger partial charge < -0.3 is 0 Å². The van der Waals surface area contributed by atoms with Crippen LogP contribution in [0.15, 0.2) is 0 Å². The van der Waals surface area contributed by atoms with Crippen molar-refractivity contribution in [1.29, 1.82) is 0 Å². The van der Waals surface area contributed by atoms with E-state index >= 15 is 0 Å². The van der Waals surface area contributed by atoms with Crippen molar-refractivity contribution >= 4 is 15.9 Å². The van der Waals surface area contributed by atoms with Gasteiger partial charge in [-0.15, -0.1) is 0 Å². The molecule has 0 saturated carbocycles. The number of rotatable bonds is 1. The number of alkyl halides is 1. The highest BCUT2D eigenvalue weighted by Crippen LogP contribution is 2.26. The van der Waals surface area contributed by atoms with Crippen molar-refractivity contribution in [3.8, 4) is 0 Å². The van der Waals surface area contributed by atoms with Gasteiger partial charge in [-0.2, -0.15) is 0 Å². The van der Waals surface area contributed by atoms with E-state index in [0.717, 1.165) is 11.2 Å². The Balaban J connectivity index is 3.62. The maximum atomic E-state index is 3.45. The molecule has 1 atom stereocenters. The lowest BCUT2D eigenvalue weighted by atomic mass is 9.84. The third-order valence-corrected chi connectivity index (χ3v) is 2.68. The summed E-state index contributed by atoms with van der Waals surface area (Å²) in [5.41, 5.74) is 0.462. The highest BCUT2D eigenvalue weighted by atomic mass is 79.9. The predicted octanol–water partition coefficient (Wildman–Crippen LogP) is 3.06.